The lowest BCUT2D eigenvalue weighted by Gasteiger charge is -2.20. The van der Waals surface area contributed by atoms with E-state index in [1.807, 2.05) is 20.0 Å². The molecule has 0 spiro atoms. The summed E-state index contributed by atoms with van der Waals surface area (Å²) in [4.78, 5) is 7.44. The summed E-state index contributed by atoms with van der Waals surface area (Å²) in [6.07, 6.45) is 3.00. The van der Waals surface area contributed by atoms with Gasteiger partial charge in [0.2, 0.25) is 0 Å². The lowest BCUT2D eigenvalue weighted by atomic mass is 10.1. The number of benzene rings is 1. The highest BCUT2D eigenvalue weighted by Crippen LogP contribution is 2.20. The first-order chi connectivity index (χ1) is 13.4. The Morgan fingerprint density at radius 1 is 1.04 bits per heavy atom. The predicted octanol–water partition coefficient (Wildman–Crippen LogP) is 2.09. The van der Waals surface area contributed by atoms with Crippen LogP contribution in [0.1, 0.15) is 16.8 Å². The molecule has 0 aliphatic rings. The predicted molar refractivity (Wildman–Crippen MR) is 97.1 cm³/mol. The van der Waals surface area contributed by atoms with Crippen LogP contribution in [0, 0.1) is 24.8 Å². The lowest BCUT2D eigenvalue weighted by Crippen LogP contribution is -2.24. The molecular weight excluding hydrogens is 366 g/mol. The van der Waals surface area contributed by atoms with E-state index >= 15 is 0 Å². The Labute approximate surface area is 159 Å². The van der Waals surface area contributed by atoms with Crippen LogP contribution in [0.25, 0.3) is 11.0 Å². The highest BCUT2D eigenvalue weighted by Gasteiger charge is 2.16. The number of pyridine rings is 1. The van der Waals surface area contributed by atoms with Crippen molar-refractivity contribution in [3.05, 3.63) is 58.9 Å². The first kappa shape index (κ1) is 18.0. The van der Waals surface area contributed by atoms with Crippen LogP contribution in [0.2, 0.25) is 0 Å². The normalized spacial score (nSPS) is 11.3. The average Bonchev–Trinajstić information content (AvgIpc) is 3.17. The molecule has 0 saturated carbocycles. The van der Waals surface area contributed by atoms with Crippen molar-refractivity contribution in [3.63, 3.8) is 0 Å². The molecule has 8 nitrogen and oxygen atoms in total. The van der Waals surface area contributed by atoms with Gasteiger partial charge < -0.3 is 4.90 Å². The molecule has 0 atom stereocenters. The summed E-state index contributed by atoms with van der Waals surface area (Å²) >= 11 is 0. The van der Waals surface area contributed by atoms with Gasteiger partial charge in [-0.05, 0) is 35.9 Å². The minimum Gasteiger partial charge on any atom is -0.329 e. The molecule has 0 aliphatic heterocycles. The van der Waals surface area contributed by atoms with Crippen LogP contribution in [-0.2, 0) is 27.2 Å². The summed E-state index contributed by atoms with van der Waals surface area (Å²) in [5.74, 6) is -0.936. The Kier molecular flexibility index (Phi) is 4.46. The zero-order chi connectivity index (χ0) is 19.8. The van der Waals surface area contributed by atoms with E-state index in [4.69, 9.17) is 0 Å². The Hall–Kier alpha value is -3.43. The van der Waals surface area contributed by atoms with E-state index in [9.17, 15) is 8.78 Å². The molecule has 4 rings (SSSR count). The number of rotatable bonds is 5. The number of tetrazole rings is 1. The lowest BCUT2D eigenvalue weighted by molar-refractivity contribution is 0.578. The van der Waals surface area contributed by atoms with Gasteiger partial charge in [-0.15, -0.1) is 5.10 Å². The molecule has 4 aromatic rings. The first-order valence-electron chi connectivity index (χ1n) is 8.54. The highest BCUT2D eigenvalue weighted by molar-refractivity contribution is 5.78. The van der Waals surface area contributed by atoms with Gasteiger partial charge in [0.25, 0.3) is 5.95 Å². The van der Waals surface area contributed by atoms with Crippen molar-refractivity contribution in [1.29, 1.82) is 0 Å². The molecule has 28 heavy (non-hydrogen) atoms. The molecule has 0 aliphatic carbocycles. The second-order valence-electron chi connectivity index (χ2n) is 6.55. The van der Waals surface area contributed by atoms with Gasteiger partial charge in [-0.2, -0.15) is 9.90 Å². The van der Waals surface area contributed by atoms with Gasteiger partial charge >= 0.3 is 0 Å². The first-order valence-corrected chi connectivity index (χ1v) is 8.54. The fourth-order valence-electron chi connectivity index (χ4n) is 3.10. The van der Waals surface area contributed by atoms with E-state index in [1.54, 1.807) is 16.6 Å². The molecule has 3 heterocycles. The van der Waals surface area contributed by atoms with Gasteiger partial charge in [-0.3, -0.25) is 4.68 Å². The molecule has 143 valence electrons. The third-order valence-electron chi connectivity index (χ3n) is 4.30. The fraction of sp³-hybridized carbons (Fsp3) is 0.278. The number of hydrogen-bond acceptors (Lipinski definition) is 6. The van der Waals surface area contributed by atoms with Gasteiger partial charge in [-0.25, -0.2) is 13.8 Å². The van der Waals surface area contributed by atoms with E-state index < -0.39 is 11.6 Å². The van der Waals surface area contributed by atoms with Crippen molar-refractivity contribution in [2.45, 2.75) is 20.0 Å². The number of aromatic nitrogens is 7. The van der Waals surface area contributed by atoms with Crippen molar-refractivity contribution < 1.29 is 8.78 Å². The molecule has 0 fully saturated rings. The van der Waals surface area contributed by atoms with E-state index in [-0.39, 0.29) is 6.54 Å². The second-order valence-corrected chi connectivity index (χ2v) is 6.55. The van der Waals surface area contributed by atoms with E-state index in [0.717, 1.165) is 28.4 Å². The topological polar surface area (TPSA) is 77.5 Å². The molecule has 1 aromatic carbocycles. The molecule has 0 saturated heterocycles. The summed E-state index contributed by atoms with van der Waals surface area (Å²) in [6, 6.07) is 5.34. The van der Waals surface area contributed by atoms with Crippen molar-refractivity contribution in [1.82, 2.24) is 35.0 Å². The van der Waals surface area contributed by atoms with Crippen molar-refractivity contribution in [2.24, 2.45) is 14.1 Å². The van der Waals surface area contributed by atoms with Crippen LogP contribution < -0.4 is 4.90 Å². The molecule has 0 bridgehead atoms. The third-order valence-corrected chi connectivity index (χ3v) is 4.30. The van der Waals surface area contributed by atoms with E-state index in [0.29, 0.717) is 18.1 Å². The summed E-state index contributed by atoms with van der Waals surface area (Å²) < 4.78 is 28.9. The minimum atomic E-state index is -0.636. The zero-order valence-electron chi connectivity index (χ0n) is 15.6. The van der Waals surface area contributed by atoms with Gasteiger partial charge in [0.15, 0.2) is 5.65 Å². The number of aryl methyl sites for hydroxylation is 3. The van der Waals surface area contributed by atoms with Gasteiger partial charge in [0, 0.05) is 37.2 Å². The molecule has 0 N–H and O–H groups in total. The van der Waals surface area contributed by atoms with Crippen LogP contribution in [0.15, 0.2) is 24.3 Å². The van der Waals surface area contributed by atoms with Crippen LogP contribution >= 0.6 is 0 Å². The number of halogens is 2. The maximum atomic E-state index is 13.6. The van der Waals surface area contributed by atoms with Gasteiger partial charge in [0.1, 0.15) is 11.6 Å². The van der Waals surface area contributed by atoms with Crippen LogP contribution in [0.4, 0.5) is 14.7 Å². The molecule has 0 unspecified atom stereocenters. The monoisotopic (exact) mass is 383 g/mol. The van der Waals surface area contributed by atoms with Crippen LogP contribution in [0.3, 0.4) is 0 Å². The van der Waals surface area contributed by atoms with Gasteiger partial charge in [-0.1, -0.05) is 5.10 Å². The summed E-state index contributed by atoms with van der Waals surface area (Å²) in [6.45, 7) is 2.44. The van der Waals surface area contributed by atoms with Crippen molar-refractivity contribution >= 4 is 17.0 Å². The molecule has 3 aromatic heterocycles. The largest absolute Gasteiger partial charge is 0.329 e. The Bertz CT molecular complexity index is 1130. The molecule has 10 heteroatoms. The SMILES string of the molecule is Cc1nn(C)c2n[c]c(CN(Cc3cc(F)cc(F)c3)c3nnn(C)n3)cc12. The standard InChI is InChI=1S/C18H17F2N8/c1-11-16-6-13(8-21-17(16)26(2)23-11)10-28(18-22-25-27(3)24-18)9-12-4-14(19)7-15(20)5-12/h4-7H,9-10H2,1-3H3. The van der Waals surface area contributed by atoms with E-state index in [1.165, 1.54) is 16.9 Å². The average molecular weight is 383 g/mol. The van der Waals surface area contributed by atoms with Gasteiger partial charge in [0.05, 0.1) is 18.9 Å². The Balaban J connectivity index is 1.68. The quantitative estimate of drug-likeness (QED) is 0.525. The summed E-state index contributed by atoms with van der Waals surface area (Å²) in [7, 11) is 3.47. The maximum absolute atomic E-state index is 13.6. The van der Waals surface area contributed by atoms with Crippen LogP contribution in [0.5, 0.6) is 0 Å². The minimum absolute atomic E-state index is 0.193. The number of nitrogens with zero attached hydrogens (tertiary/aromatic N) is 8. The number of hydrogen-bond donors (Lipinski definition) is 0. The third kappa shape index (κ3) is 3.53. The number of fused-ring (bicyclic) bond motifs is 1. The summed E-state index contributed by atoms with van der Waals surface area (Å²) in [5, 5.41) is 17.4. The summed E-state index contributed by atoms with van der Waals surface area (Å²) in [5.41, 5.74) is 2.82. The smallest absolute Gasteiger partial charge is 0.266 e. The second kappa shape index (κ2) is 6.95. The maximum Gasteiger partial charge on any atom is 0.266 e. The number of anilines is 1. The molecule has 0 amide bonds. The Morgan fingerprint density at radius 3 is 2.46 bits per heavy atom. The van der Waals surface area contributed by atoms with Crippen molar-refractivity contribution in [3.8, 4) is 0 Å². The fourth-order valence-corrected chi connectivity index (χ4v) is 3.10. The molecular formula is C18H17F2N8. The molecule has 1 radical (unpaired) electrons. The highest BCUT2D eigenvalue weighted by atomic mass is 19.1. The van der Waals surface area contributed by atoms with Crippen molar-refractivity contribution in [2.75, 3.05) is 4.90 Å². The van der Waals surface area contributed by atoms with Crippen LogP contribution in [-0.4, -0.2) is 35.0 Å². The zero-order valence-corrected chi connectivity index (χ0v) is 15.6. The van der Waals surface area contributed by atoms with E-state index in [2.05, 4.69) is 31.7 Å². The Morgan fingerprint density at radius 2 is 1.79 bits per heavy atom.